The number of carbonyl (C=O) groups is 1. The van der Waals surface area contributed by atoms with Crippen LogP contribution in [0.3, 0.4) is 0 Å². The number of benzene rings is 1. The van der Waals surface area contributed by atoms with Crippen molar-refractivity contribution in [2.24, 2.45) is 0 Å². The minimum absolute atomic E-state index is 0.0298. The lowest BCUT2D eigenvalue weighted by molar-refractivity contribution is -0.117. The van der Waals surface area contributed by atoms with Gasteiger partial charge in [0.15, 0.2) is 0 Å². The van der Waals surface area contributed by atoms with E-state index in [9.17, 15) is 4.79 Å². The first kappa shape index (κ1) is 18.7. The molecule has 1 fully saturated rings. The molecule has 0 aromatic heterocycles. The van der Waals surface area contributed by atoms with Gasteiger partial charge in [-0.15, -0.1) is 0 Å². The fourth-order valence-electron chi connectivity index (χ4n) is 2.70. The lowest BCUT2D eigenvalue weighted by atomic mass is 10.2. The van der Waals surface area contributed by atoms with E-state index >= 15 is 0 Å². The smallest absolute Gasteiger partial charge is 0.226 e. The summed E-state index contributed by atoms with van der Waals surface area (Å²) in [4.78, 5) is 14.5. The van der Waals surface area contributed by atoms with Gasteiger partial charge >= 0.3 is 0 Å². The van der Waals surface area contributed by atoms with Crippen molar-refractivity contribution < 1.29 is 14.3 Å². The van der Waals surface area contributed by atoms with E-state index in [0.717, 1.165) is 31.9 Å². The predicted octanol–water partition coefficient (Wildman–Crippen LogP) is 1.72. The molecule has 134 valence electrons. The normalized spacial score (nSPS) is 17.7. The minimum atomic E-state index is -0.0298. The third-order valence-electron chi connectivity index (χ3n) is 4.15. The van der Waals surface area contributed by atoms with E-state index in [0.29, 0.717) is 32.0 Å². The lowest BCUT2D eigenvalue weighted by Gasteiger charge is -2.23. The van der Waals surface area contributed by atoms with Crippen molar-refractivity contribution in [2.75, 3.05) is 51.3 Å². The van der Waals surface area contributed by atoms with E-state index in [1.165, 1.54) is 0 Å². The van der Waals surface area contributed by atoms with Crippen molar-refractivity contribution >= 4 is 11.6 Å². The first-order valence-electron chi connectivity index (χ1n) is 8.78. The predicted molar refractivity (Wildman–Crippen MR) is 95.6 cm³/mol. The second-order valence-electron chi connectivity index (χ2n) is 5.85. The molecule has 1 heterocycles. The highest BCUT2D eigenvalue weighted by Crippen LogP contribution is 2.24. The Morgan fingerprint density at radius 1 is 1.38 bits per heavy atom. The SMILES string of the molecule is CCN(CC)CCOc1ccccc1NC(=O)CC1COCCN1. The fraction of sp³-hybridized carbons (Fsp3) is 0.611. The van der Waals surface area contributed by atoms with Crippen molar-refractivity contribution in [3.8, 4) is 5.75 Å². The standard InChI is InChI=1S/C18H29N3O3/c1-3-21(4-2)10-12-24-17-8-6-5-7-16(17)20-18(22)13-15-14-23-11-9-19-15/h5-8,15,19H,3-4,9-14H2,1-2H3,(H,20,22). The molecule has 1 aromatic carbocycles. The molecule has 0 aliphatic carbocycles. The molecule has 0 radical (unpaired) electrons. The van der Waals surface area contributed by atoms with Gasteiger partial charge in [0, 0.05) is 25.6 Å². The topological polar surface area (TPSA) is 62.8 Å². The Labute approximate surface area is 144 Å². The van der Waals surface area contributed by atoms with Gasteiger partial charge in [-0.05, 0) is 25.2 Å². The largest absolute Gasteiger partial charge is 0.490 e. The number of anilines is 1. The van der Waals surface area contributed by atoms with Gasteiger partial charge in [-0.25, -0.2) is 0 Å². The Kier molecular flexibility index (Phi) is 8.01. The number of rotatable bonds is 9. The van der Waals surface area contributed by atoms with Crippen LogP contribution in [0.2, 0.25) is 0 Å². The molecule has 1 unspecified atom stereocenters. The monoisotopic (exact) mass is 335 g/mol. The zero-order chi connectivity index (χ0) is 17.2. The average Bonchev–Trinajstić information content (AvgIpc) is 2.61. The zero-order valence-corrected chi connectivity index (χ0v) is 14.7. The molecule has 1 aliphatic heterocycles. The molecule has 1 aromatic rings. The first-order valence-corrected chi connectivity index (χ1v) is 8.78. The summed E-state index contributed by atoms with van der Waals surface area (Å²) in [5.74, 6) is 0.684. The van der Waals surface area contributed by atoms with Crippen LogP contribution in [0.15, 0.2) is 24.3 Å². The summed E-state index contributed by atoms with van der Waals surface area (Å²) in [6, 6.07) is 7.65. The van der Waals surface area contributed by atoms with Crippen LogP contribution >= 0.6 is 0 Å². The quantitative estimate of drug-likeness (QED) is 0.719. The molecule has 1 aliphatic rings. The number of carbonyl (C=O) groups excluding carboxylic acids is 1. The van der Waals surface area contributed by atoms with E-state index in [1.54, 1.807) is 0 Å². The molecule has 1 saturated heterocycles. The van der Waals surface area contributed by atoms with Gasteiger partial charge in [0.25, 0.3) is 0 Å². The van der Waals surface area contributed by atoms with E-state index in [4.69, 9.17) is 9.47 Å². The van der Waals surface area contributed by atoms with Gasteiger partial charge in [0.1, 0.15) is 12.4 Å². The molecule has 6 heteroatoms. The summed E-state index contributed by atoms with van der Waals surface area (Å²) in [6.45, 7) is 9.86. The van der Waals surface area contributed by atoms with Crippen molar-refractivity contribution in [1.82, 2.24) is 10.2 Å². The molecule has 0 saturated carbocycles. The van der Waals surface area contributed by atoms with Crippen molar-refractivity contribution in [3.63, 3.8) is 0 Å². The Hall–Kier alpha value is -1.63. The molecule has 0 bridgehead atoms. The number of ether oxygens (including phenoxy) is 2. The number of nitrogens with one attached hydrogen (secondary N) is 2. The number of morpholine rings is 1. The molecule has 1 atom stereocenters. The van der Waals surface area contributed by atoms with Gasteiger partial charge < -0.3 is 25.0 Å². The maximum absolute atomic E-state index is 12.2. The van der Waals surface area contributed by atoms with E-state index < -0.39 is 0 Å². The maximum atomic E-state index is 12.2. The highest BCUT2D eigenvalue weighted by atomic mass is 16.5. The molecule has 2 rings (SSSR count). The number of amides is 1. The number of hydrogen-bond acceptors (Lipinski definition) is 5. The number of para-hydroxylation sites is 2. The molecule has 2 N–H and O–H groups in total. The lowest BCUT2D eigenvalue weighted by Crippen LogP contribution is -2.43. The summed E-state index contributed by atoms with van der Waals surface area (Å²) < 4.78 is 11.2. The van der Waals surface area contributed by atoms with Crippen LogP contribution in [0.4, 0.5) is 5.69 Å². The summed E-state index contributed by atoms with van der Waals surface area (Å²) in [5, 5.41) is 6.24. The summed E-state index contributed by atoms with van der Waals surface area (Å²) in [5.41, 5.74) is 0.721. The van der Waals surface area contributed by atoms with Crippen LogP contribution in [-0.4, -0.2) is 62.8 Å². The van der Waals surface area contributed by atoms with Crippen LogP contribution in [0.1, 0.15) is 20.3 Å². The van der Waals surface area contributed by atoms with Gasteiger partial charge in [0.05, 0.1) is 18.9 Å². The van der Waals surface area contributed by atoms with Crippen LogP contribution in [-0.2, 0) is 9.53 Å². The molecular weight excluding hydrogens is 306 g/mol. The van der Waals surface area contributed by atoms with Gasteiger partial charge in [0.2, 0.25) is 5.91 Å². The third-order valence-corrected chi connectivity index (χ3v) is 4.15. The fourth-order valence-corrected chi connectivity index (χ4v) is 2.70. The number of nitrogens with zero attached hydrogens (tertiary/aromatic N) is 1. The zero-order valence-electron chi connectivity index (χ0n) is 14.7. The van der Waals surface area contributed by atoms with E-state index in [2.05, 4.69) is 29.4 Å². The van der Waals surface area contributed by atoms with Crippen molar-refractivity contribution in [2.45, 2.75) is 26.3 Å². The summed E-state index contributed by atoms with van der Waals surface area (Å²) in [7, 11) is 0. The van der Waals surface area contributed by atoms with Gasteiger partial charge in [-0.2, -0.15) is 0 Å². The third kappa shape index (κ3) is 6.11. The molecular formula is C18H29N3O3. The van der Waals surface area contributed by atoms with Crippen LogP contribution in [0, 0.1) is 0 Å². The summed E-state index contributed by atoms with van der Waals surface area (Å²) in [6.07, 6.45) is 0.397. The van der Waals surface area contributed by atoms with Gasteiger partial charge in [-0.3, -0.25) is 4.79 Å². The van der Waals surface area contributed by atoms with E-state index in [-0.39, 0.29) is 11.9 Å². The average molecular weight is 335 g/mol. The Morgan fingerprint density at radius 2 is 2.17 bits per heavy atom. The Morgan fingerprint density at radius 3 is 2.88 bits per heavy atom. The molecule has 1 amide bonds. The second-order valence-corrected chi connectivity index (χ2v) is 5.85. The Bertz CT molecular complexity index is 500. The van der Waals surface area contributed by atoms with Gasteiger partial charge in [-0.1, -0.05) is 26.0 Å². The summed E-state index contributed by atoms with van der Waals surface area (Å²) >= 11 is 0. The number of hydrogen-bond donors (Lipinski definition) is 2. The van der Waals surface area contributed by atoms with Crippen molar-refractivity contribution in [1.29, 1.82) is 0 Å². The molecule has 0 spiro atoms. The Balaban J connectivity index is 1.84. The van der Waals surface area contributed by atoms with Crippen LogP contribution in [0.25, 0.3) is 0 Å². The molecule has 24 heavy (non-hydrogen) atoms. The highest BCUT2D eigenvalue weighted by molar-refractivity contribution is 5.92. The minimum Gasteiger partial charge on any atom is -0.490 e. The van der Waals surface area contributed by atoms with Crippen molar-refractivity contribution in [3.05, 3.63) is 24.3 Å². The maximum Gasteiger partial charge on any atom is 0.226 e. The van der Waals surface area contributed by atoms with Crippen LogP contribution < -0.4 is 15.4 Å². The first-order chi connectivity index (χ1) is 11.7. The second kappa shape index (κ2) is 10.3. The highest BCUT2D eigenvalue weighted by Gasteiger charge is 2.17. The van der Waals surface area contributed by atoms with E-state index in [1.807, 2.05) is 24.3 Å². The molecule has 6 nitrogen and oxygen atoms in total. The number of likely N-dealkylation sites (N-methyl/N-ethyl adjacent to an activating group) is 1. The van der Waals surface area contributed by atoms with Crippen LogP contribution in [0.5, 0.6) is 5.75 Å².